The Kier molecular flexibility index (Phi) is 10.3. The summed E-state index contributed by atoms with van der Waals surface area (Å²) in [4.78, 5) is 55.3. The van der Waals surface area contributed by atoms with Gasteiger partial charge in [0.1, 0.15) is 17.8 Å². The lowest BCUT2D eigenvalue weighted by Crippen LogP contribution is -2.58. The van der Waals surface area contributed by atoms with Crippen molar-refractivity contribution < 1.29 is 38.3 Å². The molecule has 1 aliphatic heterocycles. The third-order valence-electron chi connectivity index (χ3n) is 6.33. The zero-order valence-electron chi connectivity index (χ0n) is 22.4. The monoisotopic (exact) mass is 539 g/mol. The van der Waals surface area contributed by atoms with E-state index in [9.17, 15) is 24.3 Å². The van der Waals surface area contributed by atoms with Crippen molar-refractivity contribution in [1.29, 1.82) is 0 Å². The number of methoxy groups -OCH3 is 1. The third-order valence-corrected chi connectivity index (χ3v) is 6.33. The first-order chi connectivity index (χ1) is 18.5. The van der Waals surface area contributed by atoms with Crippen molar-refractivity contribution >= 4 is 30.7 Å². The summed E-state index contributed by atoms with van der Waals surface area (Å²) in [7, 11) is -0.106. The van der Waals surface area contributed by atoms with Gasteiger partial charge in [-0.05, 0) is 31.4 Å². The van der Waals surface area contributed by atoms with Crippen LogP contribution in [0, 0.1) is 5.92 Å². The van der Waals surface area contributed by atoms with Crippen molar-refractivity contribution in [3.05, 3.63) is 54.2 Å². The number of aliphatic hydroxyl groups is 1. The van der Waals surface area contributed by atoms with Gasteiger partial charge in [0.05, 0.1) is 18.9 Å². The summed E-state index contributed by atoms with van der Waals surface area (Å²) in [6, 6.07) is 11.6. The molecule has 4 N–H and O–H groups in total. The number of ketones is 1. The summed E-state index contributed by atoms with van der Waals surface area (Å²) < 4.78 is 15.7. The van der Waals surface area contributed by atoms with Crippen molar-refractivity contribution in [2.24, 2.45) is 11.7 Å². The van der Waals surface area contributed by atoms with E-state index in [-0.39, 0.29) is 18.0 Å². The summed E-state index contributed by atoms with van der Waals surface area (Å²) in [6.07, 6.45) is -2.45. The van der Waals surface area contributed by atoms with Crippen LogP contribution in [-0.2, 0) is 28.4 Å². The Morgan fingerprint density at radius 2 is 1.82 bits per heavy atom. The third kappa shape index (κ3) is 7.72. The molecule has 208 valence electrons. The van der Waals surface area contributed by atoms with Gasteiger partial charge in [-0.1, -0.05) is 50.2 Å². The van der Waals surface area contributed by atoms with Gasteiger partial charge in [0.15, 0.2) is 11.9 Å². The number of hydrogen-bond donors (Lipinski definition) is 3. The van der Waals surface area contributed by atoms with E-state index in [1.807, 2.05) is 44.2 Å². The number of nitrogens with two attached hydrogens (primary N) is 1. The number of nitrogens with one attached hydrogen (secondary N) is 1. The summed E-state index contributed by atoms with van der Waals surface area (Å²) in [5.74, 6) is -3.46. The molecule has 1 aromatic carbocycles. The number of ether oxygens (including phenoxy) is 1. The van der Waals surface area contributed by atoms with Crippen LogP contribution in [0.2, 0.25) is 5.82 Å². The van der Waals surface area contributed by atoms with E-state index in [0.29, 0.717) is 12.1 Å². The first-order valence-electron chi connectivity index (χ1n) is 12.7. The van der Waals surface area contributed by atoms with Crippen molar-refractivity contribution in [3.63, 3.8) is 0 Å². The van der Waals surface area contributed by atoms with Crippen LogP contribution >= 0.6 is 0 Å². The van der Waals surface area contributed by atoms with Gasteiger partial charge in [-0.3, -0.25) is 14.4 Å². The second-order valence-corrected chi connectivity index (χ2v) is 9.94. The summed E-state index contributed by atoms with van der Waals surface area (Å²) in [5.41, 5.74) is 7.23. The van der Waals surface area contributed by atoms with E-state index in [1.165, 1.54) is 13.0 Å². The van der Waals surface area contributed by atoms with Crippen LogP contribution in [0.25, 0.3) is 11.3 Å². The number of benzene rings is 1. The van der Waals surface area contributed by atoms with Gasteiger partial charge in [-0.25, -0.2) is 9.78 Å². The predicted octanol–water partition coefficient (Wildman–Crippen LogP) is 1.53. The van der Waals surface area contributed by atoms with Crippen LogP contribution in [0.15, 0.2) is 48.5 Å². The molecule has 11 nitrogen and oxygen atoms in total. The molecule has 0 spiro atoms. The van der Waals surface area contributed by atoms with Crippen LogP contribution < -0.4 is 11.1 Å². The Balaban J connectivity index is 1.77. The zero-order valence-corrected chi connectivity index (χ0v) is 22.4. The Morgan fingerprint density at radius 1 is 1.13 bits per heavy atom. The maximum Gasteiger partial charge on any atom is 0.531 e. The minimum atomic E-state index is -1.39. The van der Waals surface area contributed by atoms with Gasteiger partial charge < -0.3 is 30.2 Å². The molecule has 2 heterocycles. The smallest absolute Gasteiger partial charge is 0.508 e. The van der Waals surface area contributed by atoms with E-state index >= 15 is 0 Å². The SMILES string of the molecule is COC(=O)[C@@H]1OB([C@@H](CC(=O)[C@@H](NC(=O)c2cccc(-c3ccccc3)n2)[C@@H](C)O)CC(C)C)OC(=O)[C@@H]1N. The summed E-state index contributed by atoms with van der Waals surface area (Å²) in [5, 5.41) is 13.0. The quantitative estimate of drug-likeness (QED) is 0.281. The lowest BCUT2D eigenvalue weighted by Gasteiger charge is -2.34. The molecule has 3 rings (SSSR count). The first-order valence-corrected chi connectivity index (χ1v) is 12.7. The molecule has 12 heteroatoms. The molecule has 1 aromatic heterocycles. The Morgan fingerprint density at radius 3 is 2.44 bits per heavy atom. The highest BCUT2D eigenvalue weighted by molar-refractivity contribution is 6.50. The van der Waals surface area contributed by atoms with Crippen molar-refractivity contribution in [1.82, 2.24) is 10.3 Å². The van der Waals surface area contributed by atoms with Gasteiger partial charge in [0.25, 0.3) is 5.91 Å². The van der Waals surface area contributed by atoms with E-state index in [2.05, 4.69) is 15.0 Å². The number of hydrogen-bond acceptors (Lipinski definition) is 10. The van der Waals surface area contributed by atoms with Crippen molar-refractivity contribution in [2.45, 2.75) is 63.7 Å². The molecule has 1 amide bonds. The molecule has 39 heavy (non-hydrogen) atoms. The minimum Gasteiger partial charge on any atom is -0.508 e. The van der Waals surface area contributed by atoms with Crippen LogP contribution in [0.3, 0.4) is 0 Å². The number of aromatic nitrogens is 1. The molecule has 0 aliphatic carbocycles. The number of aliphatic hydroxyl groups excluding tert-OH is 1. The van der Waals surface area contributed by atoms with Gasteiger partial charge in [-0.2, -0.15) is 0 Å². The average Bonchev–Trinajstić information content (AvgIpc) is 2.92. The fourth-order valence-corrected chi connectivity index (χ4v) is 4.40. The maximum atomic E-state index is 13.4. The highest BCUT2D eigenvalue weighted by Crippen LogP contribution is 2.31. The van der Waals surface area contributed by atoms with Crippen molar-refractivity contribution in [3.8, 4) is 11.3 Å². The fourth-order valence-electron chi connectivity index (χ4n) is 4.40. The fraction of sp³-hybridized carbons (Fsp3) is 0.444. The van der Waals surface area contributed by atoms with Gasteiger partial charge in [-0.15, -0.1) is 0 Å². The molecule has 1 saturated heterocycles. The first kappa shape index (κ1) is 29.9. The largest absolute Gasteiger partial charge is 0.531 e. The highest BCUT2D eigenvalue weighted by Gasteiger charge is 2.49. The molecule has 0 saturated carbocycles. The molecule has 2 aromatic rings. The topological polar surface area (TPSA) is 167 Å². The van der Waals surface area contributed by atoms with Crippen molar-refractivity contribution in [2.75, 3.05) is 7.11 Å². The van der Waals surface area contributed by atoms with E-state index < -0.39 is 60.9 Å². The Hall–Kier alpha value is -3.61. The van der Waals surface area contributed by atoms with E-state index in [1.54, 1.807) is 12.1 Å². The number of pyridine rings is 1. The lowest BCUT2D eigenvalue weighted by molar-refractivity contribution is -0.162. The molecular formula is C27H34BN3O8. The average molecular weight is 539 g/mol. The van der Waals surface area contributed by atoms with Gasteiger partial charge in [0, 0.05) is 17.8 Å². The van der Waals surface area contributed by atoms with Crippen LogP contribution in [0.4, 0.5) is 0 Å². The summed E-state index contributed by atoms with van der Waals surface area (Å²) in [6.45, 7) is 5.20. The summed E-state index contributed by atoms with van der Waals surface area (Å²) >= 11 is 0. The molecule has 5 atom stereocenters. The number of esters is 1. The number of nitrogens with zero attached hydrogens (tertiary/aromatic N) is 1. The molecular weight excluding hydrogens is 505 g/mol. The number of rotatable bonds is 11. The standard InChI is InChI=1S/C27H34BN3O8/c1-15(2)13-18(28-38-24(27(36)37-4)22(29)26(35)39-28)14-21(33)23(16(3)32)31-25(34)20-12-8-11-19(30-20)17-9-6-5-7-10-17/h5-12,15-16,18,22-24,32H,13-14,29H2,1-4H3,(H,31,34)/t16-,18-,22-,23+,24-/m1/s1. The number of amides is 1. The second-order valence-electron chi connectivity index (χ2n) is 9.94. The van der Waals surface area contributed by atoms with Gasteiger partial charge in [0.2, 0.25) is 0 Å². The van der Waals surface area contributed by atoms with Crippen LogP contribution in [-0.4, -0.2) is 72.2 Å². The molecule has 1 aliphatic rings. The zero-order chi connectivity index (χ0) is 28.7. The maximum absolute atomic E-state index is 13.4. The van der Waals surface area contributed by atoms with Crippen LogP contribution in [0.1, 0.15) is 44.1 Å². The van der Waals surface area contributed by atoms with Crippen LogP contribution in [0.5, 0.6) is 0 Å². The normalized spacial score (nSPS) is 19.6. The predicted molar refractivity (Wildman–Crippen MR) is 142 cm³/mol. The molecule has 0 unspecified atom stereocenters. The highest BCUT2D eigenvalue weighted by atomic mass is 16.7. The van der Waals surface area contributed by atoms with Gasteiger partial charge >= 0.3 is 19.1 Å². The van der Waals surface area contributed by atoms with E-state index in [0.717, 1.165) is 12.7 Å². The lowest BCUT2D eigenvalue weighted by atomic mass is 9.64. The number of carbonyl (C=O) groups excluding carboxylic acids is 4. The van der Waals surface area contributed by atoms with E-state index in [4.69, 9.17) is 15.0 Å². The second kappa shape index (κ2) is 13.5. The minimum absolute atomic E-state index is 0.0572. The molecule has 1 fully saturated rings. The number of carbonyl (C=O) groups is 4. The Bertz CT molecular complexity index is 1180. The molecule has 0 bridgehead atoms. The Labute approximate surface area is 227 Å². The molecule has 0 radical (unpaired) electrons. The number of Topliss-reactive ketones (excluding diaryl/α,β-unsaturated/α-hetero) is 1.